The Kier molecular flexibility index (Phi) is 4.40. The fourth-order valence-corrected chi connectivity index (χ4v) is 2.69. The molecule has 1 aliphatic heterocycles. The molecule has 1 saturated heterocycles. The maximum Gasteiger partial charge on any atom is 0.234 e. The van der Waals surface area contributed by atoms with E-state index in [1.807, 2.05) is 44.2 Å². The lowest BCUT2D eigenvalue weighted by molar-refractivity contribution is -0.123. The Morgan fingerprint density at radius 1 is 1.50 bits per heavy atom. The Balaban J connectivity index is 2.19. The molecule has 4 nitrogen and oxygen atoms in total. The fraction of sp³-hybridized carbons (Fsp3) is 0.467. The second-order valence-corrected chi connectivity index (χ2v) is 5.89. The molecule has 0 spiro atoms. The van der Waals surface area contributed by atoms with Gasteiger partial charge in [-0.1, -0.05) is 42.5 Å². The highest BCUT2D eigenvalue weighted by Crippen LogP contribution is 2.27. The molecule has 20 heavy (non-hydrogen) atoms. The maximum atomic E-state index is 12.6. The molecule has 0 bridgehead atoms. The monoisotopic (exact) mass is 292 g/mol. The summed E-state index contributed by atoms with van der Waals surface area (Å²) in [6, 6.07) is 9.36. The van der Waals surface area contributed by atoms with Crippen molar-refractivity contribution >= 4 is 23.1 Å². The Hall–Kier alpha value is -1.46. The number of rotatable bonds is 4. The van der Waals surface area contributed by atoms with Gasteiger partial charge in [-0.2, -0.15) is 0 Å². The van der Waals surface area contributed by atoms with Gasteiger partial charge in [-0.15, -0.1) is 0 Å². The summed E-state index contributed by atoms with van der Waals surface area (Å²) in [7, 11) is 0. The molecule has 0 radical (unpaired) electrons. The summed E-state index contributed by atoms with van der Waals surface area (Å²) in [6.45, 7) is 4.61. The lowest BCUT2D eigenvalue weighted by Crippen LogP contribution is -2.53. The van der Waals surface area contributed by atoms with Crippen LogP contribution in [0.2, 0.25) is 0 Å². The van der Waals surface area contributed by atoms with Gasteiger partial charge in [0.2, 0.25) is 5.91 Å². The van der Waals surface area contributed by atoms with Crippen LogP contribution in [0, 0.1) is 0 Å². The minimum absolute atomic E-state index is 0.0192. The van der Waals surface area contributed by atoms with Crippen molar-refractivity contribution in [2.75, 3.05) is 6.61 Å². The van der Waals surface area contributed by atoms with Crippen LogP contribution in [0.4, 0.5) is 0 Å². The molecule has 1 fully saturated rings. The zero-order valence-corrected chi connectivity index (χ0v) is 12.6. The number of carbonyl (C=O) groups excluding carboxylic acids is 1. The van der Waals surface area contributed by atoms with Crippen LogP contribution >= 0.6 is 12.2 Å². The quantitative estimate of drug-likeness (QED) is 0.830. The van der Waals surface area contributed by atoms with Crippen molar-refractivity contribution in [1.82, 2.24) is 5.32 Å². The molecule has 1 aliphatic rings. The first-order chi connectivity index (χ1) is 9.44. The normalized spacial score (nSPS) is 27.0. The van der Waals surface area contributed by atoms with E-state index in [0.29, 0.717) is 6.61 Å². The van der Waals surface area contributed by atoms with Gasteiger partial charge in [0.15, 0.2) is 0 Å². The van der Waals surface area contributed by atoms with Crippen molar-refractivity contribution in [3.8, 4) is 0 Å². The van der Waals surface area contributed by atoms with Crippen LogP contribution in [0.15, 0.2) is 30.3 Å². The Morgan fingerprint density at radius 3 is 2.65 bits per heavy atom. The smallest absolute Gasteiger partial charge is 0.234 e. The first-order valence-corrected chi connectivity index (χ1v) is 7.13. The van der Waals surface area contributed by atoms with Gasteiger partial charge in [-0.3, -0.25) is 4.79 Å². The minimum atomic E-state index is -0.601. The Morgan fingerprint density at radius 2 is 2.15 bits per heavy atom. The zero-order chi connectivity index (χ0) is 14.8. The van der Waals surface area contributed by atoms with Crippen molar-refractivity contribution < 1.29 is 9.53 Å². The summed E-state index contributed by atoms with van der Waals surface area (Å²) in [4.78, 5) is 12.7. The standard InChI is InChI=1S/C15H20N2O2S/c1-10-15(2,8-9-19-10)17-14(18)12(13(16)20)11-6-4-3-5-7-11/h3-7,10,12H,8-9H2,1-2H3,(H2,16,20)(H,17,18). The molecule has 0 aliphatic carbocycles. The first kappa shape index (κ1) is 14.9. The summed E-state index contributed by atoms with van der Waals surface area (Å²) >= 11 is 5.07. The highest BCUT2D eigenvalue weighted by atomic mass is 32.1. The summed E-state index contributed by atoms with van der Waals surface area (Å²) in [5.74, 6) is -0.764. The van der Waals surface area contributed by atoms with Gasteiger partial charge in [0, 0.05) is 6.61 Å². The average molecular weight is 292 g/mol. The summed E-state index contributed by atoms with van der Waals surface area (Å²) in [5, 5.41) is 3.05. The van der Waals surface area contributed by atoms with Crippen LogP contribution in [-0.4, -0.2) is 29.1 Å². The number of hydrogen-bond donors (Lipinski definition) is 2. The SMILES string of the molecule is CC1OCCC1(C)NC(=O)C(C(N)=S)c1ccccc1. The van der Waals surface area contributed by atoms with Crippen molar-refractivity contribution in [3.63, 3.8) is 0 Å². The highest BCUT2D eigenvalue weighted by Gasteiger charge is 2.40. The second kappa shape index (κ2) is 5.89. The van der Waals surface area contributed by atoms with Gasteiger partial charge >= 0.3 is 0 Å². The molecule has 3 atom stereocenters. The van der Waals surface area contributed by atoms with Crippen molar-refractivity contribution in [1.29, 1.82) is 0 Å². The molecule has 1 heterocycles. The van der Waals surface area contributed by atoms with E-state index in [1.165, 1.54) is 0 Å². The van der Waals surface area contributed by atoms with Crippen molar-refractivity contribution in [2.45, 2.75) is 37.8 Å². The number of nitrogens with two attached hydrogens (primary N) is 1. The number of thiocarbonyl (C=S) groups is 1. The highest BCUT2D eigenvalue weighted by molar-refractivity contribution is 7.80. The van der Waals surface area contributed by atoms with Gasteiger partial charge in [0.1, 0.15) is 5.92 Å². The third-order valence-corrected chi connectivity index (χ3v) is 4.21. The number of nitrogens with one attached hydrogen (secondary N) is 1. The molecule has 2 rings (SSSR count). The minimum Gasteiger partial charge on any atom is -0.392 e. The van der Waals surface area contributed by atoms with E-state index in [4.69, 9.17) is 22.7 Å². The van der Waals surface area contributed by atoms with E-state index >= 15 is 0 Å². The average Bonchev–Trinajstić information content (AvgIpc) is 2.70. The fourth-order valence-electron chi connectivity index (χ4n) is 2.44. The molecule has 1 aromatic rings. The largest absolute Gasteiger partial charge is 0.392 e. The van der Waals surface area contributed by atoms with Gasteiger partial charge in [-0.05, 0) is 25.8 Å². The first-order valence-electron chi connectivity index (χ1n) is 6.72. The Bertz CT molecular complexity index is 506. The summed E-state index contributed by atoms with van der Waals surface area (Å²) in [5.41, 5.74) is 6.21. The van der Waals surface area contributed by atoms with E-state index < -0.39 is 5.92 Å². The van der Waals surface area contributed by atoms with E-state index in [9.17, 15) is 4.79 Å². The number of carbonyl (C=O) groups is 1. The molecule has 1 aromatic carbocycles. The molecule has 3 unspecified atom stereocenters. The van der Waals surface area contributed by atoms with Crippen molar-refractivity contribution in [3.05, 3.63) is 35.9 Å². The van der Waals surface area contributed by atoms with Gasteiger partial charge < -0.3 is 15.8 Å². The van der Waals surface area contributed by atoms with E-state index in [1.54, 1.807) is 0 Å². The molecule has 0 aromatic heterocycles. The van der Waals surface area contributed by atoms with Crippen LogP contribution in [-0.2, 0) is 9.53 Å². The van der Waals surface area contributed by atoms with Gasteiger partial charge in [0.25, 0.3) is 0 Å². The molecule has 3 N–H and O–H groups in total. The topological polar surface area (TPSA) is 64.3 Å². The zero-order valence-electron chi connectivity index (χ0n) is 11.8. The van der Waals surface area contributed by atoms with Crippen LogP contribution in [0.5, 0.6) is 0 Å². The number of ether oxygens (including phenoxy) is 1. The second-order valence-electron chi connectivity index (χ2n) is 5.42. The van der Waals surface area contributed by atoms with Crippen LogP contribution < -0.4 is 11.1 Å². The molecular weight excluding hydrogens is 272 g/mol. The molecule has 108 valence electrons. The lowest BCUT2D eigenvalue weighted by atomic mass is 9.91. The van der Waals surface area contributed by atoms with Gasteiger partial charge in [-0.25, -0.2) is 0 Å². The number of amides is 1. The van der Waals surface area contributed by atoms with E-state index in [-0.39, 0.29) is 22.5 Å². The molecular formula is C15H20N2O2S. The van der Waals surface area contributed by atoms with Crippen LogP contribution in [0.3, 0.4) is 0 Å². The van der Waals surface area contributed by atoms with E-state index in [0.717, 1.165) is 12.0 Å². The Labute approximate surface area is 124 Å². The van der Waals surface area contributed by atoms with Crippen molar-refractivity contribution in [2.24, 2.45) is 5.73 Å². The third-order valence-electron chi connectivity index (χ3n) is 3.97. The number of benzene rings is 1. The lowest BCUT2D eigenvalue weighted by Gasteiger charge is -2.30. The van der Waals surface area contributed by atoms with Crippen LogP contribution in [0.1, 0.15) is 31.7 Å². The van der Waals surface area contributed by atoms with E-state index in [2.05, 4.69) is 5.32 Å². The summed E-state index contributed by atoms with van der Waals surface area (Å²) in [6.07, 6.45) is 0.771. The predicted molar refractivity (Wildman–Crippen MR) is 82.5 cm³/mol. The molecule has 1 amide bonds. The molecule has 0 saturated carbocycles. The third kappa shape index (κ3) is 2.99. The van der Waals surface area contributed by atoms with Gasteiger partial charge in [0.05, 0.1) is 16.6 Å². The number of hydrogen-bond acceptors (Lipinski definition) is 3. The maximum absolute atomic E-state index is 12.6. The van der Waals surface area contributed by atoms with Crippen LogP contribution in [0.25, 0.3) is 0 Å². The molecule has 5 heteroatoms. The predicted octanol–water partition coefficient (Wildman–Crippen LogP) is 1.74. The summed E-state index contributed by atoms with van der Waals surface area (Å²) < 4.78 is 5.54.